The van der Waals surface area contributed by atoms with E-state index >= 15 is 0 Å². The first-order valence-corrected chi connectivity index (χ1v) is 8.22. The molecule has 0 saturated heterocycles. The van der Waals surface area contributed by atoms with Gasteiger partial charge >= 0.3 is 0 Å². The summed E-state index contributed by atoms with van der Waals surface area (Å²) in [6.07, 6.45) is 6.44. The van der Waals surface area contributed by atoms with Crippen molar-refractivity contribution in [1.29, 1.82) is 0 Å². The summed E-state index contributed by atoms with van der Waals surface area (Å²) in [5.41, 5.74) is 0.385. The third kappa shape index (κ3) is 2.72. The van der Waals surface area contributed by atoms with E-state index in [1.165, 1.54) is 4.88 Å². The molecule has 1 N–H and O–H groups in total. The zero-order valence-electron chi connectivity index (χ0n) is 11.8. The van der Waals surface area contributed by atoms with Crippen molar-refractivity contribution in [2.75, 3.05) is 0 Å². The topological polar surface area (TPSA) is 68.0 Å². The number of thiazole rings is 1. The second kappa shape index (κ2) is 4.94. The highest BCUT2D eigenvalue weighted by Gasteiger charge is 2.36. The number of nitrogens with zero attached hydrogens (tertiary/aromatic N) is 2. The number of carbonyl (C=O) groups excluding carboxylic acids is 1. The van der Waals surface area contributed by atoms with Crippen molar-refractivity contribution in [3.63, 3.8) is 0 Å². The summed E-state index contributed by atoms with van der Waals surface area (Å²) in [6.45, 7) is 2.03. The lowest BCUT2D eigenvalue weighted by Gasteiger charge is -2.14. The van der Waals surface area contributed by atoms with Gasteiger partial charge in [0.25, 0.3) is 5.91 Å². The lowest BCUT2D eigenvalue weighted by Crippen LogP contribution is -2.30. The Morgan fingerprint density at radius 3 is 2.86 bits per heavy atom. The van der Waals surface area contributed by atoms with E-state index in [1.54, 1.807) is 17.4 Å². The molecule has 1 atom stereocenters. The van der Waals surface area contributed by atoms with E-state index in [9.17, 15) is 4.79 Å². The highest BCUT2D eigenvalue weighted by atomic mass is 32.1. The minimum atomic E-state index is -0.157. The van der Waals surface area contributed by atoms with E-state index in [0.717, 1.165) is 36.5 Å². The number of aromatic nitrogens is 2. The molecule has 6 heteroatoms. The Bertz CT molecular complexity index is 670. The molecule has 0 aromatic carbocycles. The molecular formula is C15H17N3O2S. The van der Waals surface area contributed by atoms with Gasteiger partial charge in [-0.2, -0.15) is 0 Å². The fourth-order valence-corrected chi connectivity index (χ4v) is 3.42. The molecule has 1 amide bonds. The zero-order valence-corrected chi connectivity index (χ0v) is 12.7. The fraction of sp³-hybridized carbons (Fsp3) is 0.533. The van der Waals surface area contributed by atoms with E-state index in [0.29, 0.717) is 17.5 Å². The van der Waals surface area contributed by atoms with Crippen LogP contribution in [0.3, 0.4) is 0 Å². The van der Waals surface area contributed by atoms with Crippen LogP contribution < -0.4 is 5.32 Å². The Morgan fingerprint density at radius 1 is 1.43 bits per heavy atom. The van der Waals surface area contributed by atoms with Crippen molar-refractivity contribution >= 4 is 17.2 Å². The number of hydrogen-bond acceptors (Lipinski definition) is 5. The molecule has 4 rings (SSSR count). The third-order valence-electron chi connectivity index (χ3n) is 4.03. The van der Waals surface area contributed by atoms with Gasteiger partial charge in [-0.3, -0.25) is 4.79 Å². The molecule has 2 aliphatic rings. The van der Waals surface area contributed by atoms with Crippen LogP contribution in [-0.2, 0) is 0 Å². The Morgan fingerprint density at radius 2 is 2.24 bits per heavy atom. The van der Waals surface area contributed by atoms with Crippen LogP contribution in [0.4, 0.5) is 0 Å². The molecule has 0 radical (unpaired) electrons. The minimum absolute atomic E-state index is 0.0114. The number of carbonyl (C=O) groups is 1. The normalized spacial score (nSPS) is 19.5. The lowest BCUT2D eigenvalue weighted by molar-refractivity contribution is 0.0922. The van der Waals surface area contributed by atoms with Gasteiger partial charge in [0, 0.05) is 23.1 Å². The van der Waals surface area contributed by atoms with Crippen molar-refractivity contribution in [3.8, 4) is 0 Å². The molecule has 2 saturated carbocycles. The second-order valence-corrected chi connectivity index (χ2v) is 7.25. The minimum Gasteiger partial charge on any atom is -0.360 e. The third-order valence-corrected chi connectivity index (χ3v) is 5.02. The van der Waals surface area contributed by atoms with Crippen molar-refractivity contribution in [2.24, 2.45) is 5.92 Å². The molecule has 1 unspecified atom stereocenters. The summed E-state index contributed by atoms with van der Waals surface area (Å²) >= 11 is 1.65. The van der Waals surface area contributed by atoms with Crippen LogP contribution in [0.1, 0.15) is 63.8 Å². The van der Waals surface area contributed by atoms with E-state index in [-0.39, 0.29) is 11.9 Å². The molecule has 2 fully saturated rings. The van der Waals surface area contributed by atoms with E-state index in [1.807, 2.05) is 13.1 Å². The van der Waals surface area contributed by atoms with Crippen LogP contribution in [-0.4, -0.2) is 16.0 Å². The first-order chi connectivity index (χ1) is 10.2. The van der Waals surface area contributed by atoms with Crippen molar-refractivity contribution in [1.82, 2.24) is 15.5 Å². The van der Waals surface area contributed by atoms with Gasteiger partial charge in [-0.05, 0) is 38.5 Å². The first kappa shape index (κ1) is 13.0. The molecule has 0 aliphatic heterocycles. The summed E-state index contributed by atoms with van der Waals surface area (Å²) in [5, 5.41) is 7.98. The molecule has 0 spiro atoms. The van der Waals surface area contributed by atoms with Gasteiger partial charge in [0.05, 0.1) is 6.04 Å². The number of aryl methyl sites for hydroxylation is 1. The Labute approximate surface area is 126 Å². The van der Waals surface area contributed by atoms with Crippen molar-refractivity contribution < 1.29 is 9.32 Å². The number of amides is 1. The fourth-order valence-electron chi connectivity index (χ4n) is 2.50. The van der Waals surface area contributed by atoms with Crippen LogP contribution in [0.15, 0.2) is 16.8 Å². The quantitative estimate of drug-likeness (QED) is 0.921. The summed E-state index contributed by atoms with van der Waals surface area (Å²) in [5.74, 6) is 1.66. The monoisotopic (exact) mass is 303 g/mol. The van der Waals surface area contributed by atoms with Gasteiger partial charge in [-0.1, -0.05) is 5.16 Å². The summed E-state index contributed by atoms with van der Waals surface area (Å²) in [4.78, 5) is 18.0. The van der Waals surface area contributed by atoms with Crippen molar-refractivity contribution in [2.45, 2.75) is 44.6 Å². The number of nitrogens with one attached hydrogen (secondary N) is 1. The van der Waals surface area contributed by atoms with E-state index in [4.69, 9.17) is 4.52 Å². The lowest BCUT2D eigenvalue weighted by atomic mass is 10.2. The molecule has 21 heavy (non-hydrogen) atoms. The van der Waals surface area contributed by atoms with Crippen LogP contribution in [0.25, 0.3) is 0 Å². The van der Waals surface area contributed by atoms with E-state index in [2.05, 4.69) is 15.5 Å². The standard InChI is InChI=1S/C15H17N3O2S/c1-8-7-16-15(21-8)13(10-4-5-10)17-14(19)11-6-12(20-18-11)9-2-3-9/h6-7,9-10,13H,2-5H2,1H3,(H,17,19). The second-order valence-electron chi connectivity index (χ2n) is 5.99. The molecule has 2 aromatic heterocycles. The Balaban J connectivity index is 1.50. The van der Waals surface area contributed by atoms with Crippen LogP contribution in [0.5, 0.6) is 0 Å². The van der Waals surface area contributed by atoms with Gasteiger partial charge in [0.1, 0.15) is 10.8 Å². The maximum absolute atomic E-state index is 12.4. The SMILES string of the molecule is Cc1cnc(C(NC(=O)c2cc(C3CC3)on2)C2CC2)s1. The average molecular weight is 303 g/mol. The van der Waals surface area contributed by atoms with Gasteiger partial charge in [0.15, 0.2) is 5.69 Å². The first-order valence-electron chi connectivity index (χ1n) is 7.40. The van der Waals surface area contributed by atoms with E-state index < -0.39 is 0 Å². The highest BCUT2D eigenvalue weighted by molar-refractivity contribution is 7.11. The highest BCUT2D eigenvalue weighted by Crippen LogP contribution is 2.42. The van der Waals surface area contributed by atoms with Gasteiger partial charge in [0.2, 0.25) is 0 Å². The smallest absolute Gasteiger partial charge is 0.274 e. The molecular weight excluding hydrogens is 286 g/mol. The van der Waals surface area contributed by atoms with Crippen molar-refractivity contribution in [3.05, 3.63) is 33.6 Å². The Hall–Kier alpha value is -1.69. The predicted octanol–water partition coefficient (Wildman–Crippen LogP) is 3.20. The Kier molecular flexibility index (Phi) is 3.06. The molecule has 110 valence electrons. The van der Waals surface area contributed by atoms with Gasteiger partial charge in [-0.25, -0.2) is 4.98 Å². The molecule has 0 bridgehead atoms. The summed E-state index contributed by atoms with van der Waals surface area (Å²) in [7, 11) is 0. The molecule has 2 aliphatic carbocycles. The average Bonchev–Trinajstić information content (AvgIpc) is 3.40. The summed E-state index contributed by atoms with van der Waals surface area (Å²) < 4.78 is 5.25. The predicted molar refractivity (Wildman–Crippen MR) is 78.3 cm³/mol. The van der Waals surface area contributed by atoms with Gasteiger partial charge < -0.3 is 9.84 Å². The maximum atomic E-state index is 12.4. The number of hydrogen-bond donors (Lipinski definition) is 1. The molecule has 2 aromatic rings. The van der Waals surface area contributed by atoms with Crippen LogP contribution in [0.2, 0.25) is 0 Å². The zero-order chi connectivity index (χ0) is 14.4. The summed E-state index contributed by atoms with van der Waals surface area (Å²) in [6, 6.07) is 1.79. The van der Waals surface area contributed by atoms with Gasteiger partial charge in [-0.15, -0.1) is 11.3 Å². The maximum Gasteiger partial charge on any atom is 0.274 e. The van der Waals surface area contributed by atoms with Crippen LogP contribution >= 0.6 is 11.3 Å². The molecule has 2 heterocycles. The number of rotatable bonds is 5. The van der Waals surface area contributed by atoms with Crippen LogP contribution in [0, 0.1) is 12.8 Å². The largest absolute Gasteiger partial charge is 0.360 e. The molecule has 5 nitrogen and oxygen atoms in total.